The highest BCUT2D eigenvalue weighted by Gasteiger charge is 1.98. The van der Waals surface area contributed by atoms with Gasteiger partial charge in [-0.05, 0) is 6.92 Å². The number of carbonyl (C=O) groups is 1. The Kier molecular flexibility index (Phi) is 9.78. The van der Waals surface area contributed by atoms with E-state index in [1.165, 1.54) is 6.08 Å². The van der Waals surface area contributed by atoms with Crippen molar-refractivity contribution in [3.63, 3.8) is 0 Å². The van der Waals surface area contributed by atoms with E-state index in [2.05, 4.69) is 25.1 Å². The van der Waals surface area contributed by atoms with E-state index < -0.39 is 0 Å². The highest BCUT2D eigenvalue weighted by molar-refractivity contribution is 5.95. The molecule has 1 amide bonds. The molecular weight excluding hydrogens is 138 g/mol. The Labute approximate surface area is 68.3 Å². The Balaban J connectivity index is 0. The summed E-state index contributed by atoms with van der Waals surface area (Å²) in [7, 11) is 1.59. The van der Waals surface area contributed by atoms with Crippen molar-refractivity contribution < 1.29 is 4.79 Å². The molecule has 0 aliphatic rings. The molecule has 0 bridgehead atoms. The molecule has 11 heavy (non-hydrogen) atoms. The van der Waals surface area contributed by atoms with Crippen molar-refractivity contribution in [3.8, 4) is 0 Å². The van der Waals surface area contributed by atoms with Crippen molar-refractivity contribution in [1.29, 1.82) is 0 Å². The molecule has 0 atom stereocenters. The van der Waals surface area contributed by atoms with Gasteiger partial charge in [0.1, 0.15) is 0 Å². The van der Waals surface area contributed by atoms with E-state index in [9.17, 15) is 4.79 Å². The Morgan fingerprint density at radius 1 is 1.45 bits per heavy atom. The molecule has 2 nitrogen and oxygen atoms in total. The summed E-state index contributed by atoms with van der Waals surface area (Å²) in [6.07, 6.45) is 3.24. The van der Waals surface area contributed by atoms with Crippen LogP contribution in [-0.4, -0.2) is 13.0 Å². The Bertz CT molecular complexity index is 159. The number of hydrogen-bond donors (Lipinski definition) is 1. The van der Waals surface area contributed by atoms with Gasteiger partial charge in [0.15, 0.2) is 0 Å². The lowest BCUT2D eigenvalue weighted by Gasteiger charge is -1.95. The van der Waals surface area contributed by atoms with E-state index in [0.29, 0.717) is 5.57 Å². The van der Waals surface area contributed by atoms with Gasteiger partial charge in [-0.1, -0.05) is 18.7 Å². The number of nitrogens with one attached hydrogen (secondary N) is 1. The van der Waals surface area contributed by atoms with Gasteiger partial charge in [-0.2, -0.15) is 0 Å². The zero-order chi connectivity index (χ0) is 9.28. The molecule has 0 aromatic carbocycles. The van der Waals surface area contributed by atoms with Crippen LogP contribution in [-0.2, 0) is 4.79 Å². The molecule has 62 valence electrons. The van der Waals surface area contributed by atoms with Gasteiger partial charge < -0.3 is 5.32 Å². The molecule has 0 spiro atoms. The maximum absolute atomic E-state index is 10.7. The standard InChI is InChI=1S/C7H11NO.C2H4/c1-4-6(5-2)7(9)8-3;1-2/h4-5H,1H2,2-3H3,(H,8,9);1-2H2/b6-5+;. The van der Waals surface area contributed by atoms with Gasteiger partial charge in [0.05, 0.1) is 0 Å². The number of amides is 1. The molecule has 0 aliphatic carbocycles. The van der Waals surface area contributed by atoms with Crippen LogP contribution in [0.4, 0.5) is 0 Å². The van der Waals surface area contributed by atoms with Crippen LogP contribution in [0.1, 0.15) is 6.92 Å². The number of allylic oxidation sites excluding steroid dienone is 1. The Morgan fingerprint density at radius 3 is 2.00 bits per heavy atom. The largest absolute Gasteiger partial charge is 0.355 e. The Hall–Kier alpha value is -1.31. The summed E-state index contributed by atoms with van der Waals surface area (Å²) in [5.74, 6) is -0.0903. The van der Waals surface area contributed by atoms with Gasteiger partial charge in [-0.3, -0.25) is 4.79 Å². The van der Waals surface area contributed by atoms with Gasteiger partial charge >= 0.3 is 0 Å². The van der Waals surface area contributed by atoms with Crippen molar-refractivity contribution in [2.75, 3.05) is 7.05 Å². The van der Waals surface area contributed by atoms with E-state index in [4.69, 9.17) is 0 Å². The zero-order valence-corrected chi connectivity index (χ0v) is 7.18. The summed E-state index contributed by atoms with van der Waals surface area (Å²) in [4.78, 5) is 10.7. The molecule has 0 radical (unpaired) electrons. The highest BCUT2D eigenvalue weighted by Crippen LogP contribution is 1.92. The highest BCUT2D eigenvalue weighted by atomic mass is 16.1. The fraction of sp³-hybridized carbons (Fsp3) is 0.222. The van der Waals surface area contributed by atoms with Crippen LogP contribution in [0.2, 0.25) is 0 Å². The van der Waals surface area contributed by atoms with Crippen molar-refractivity contribution in [3.05, 3.63) is 37.5 Å². The number of carbonyl (C=O) groups excluding carboxylic acids is 1. The predicted octanol–water partition coefficient (Wildman–Crippen LogP) is 1.67. The Morgan fingerprint density at radius 2 is 1.91 bits per heavy atom. The molecule has 0 fully saturated rings. The zero-order valence-electron chi connectivity index (χ0n) is 7.18. The van der Waals surface area contributed by atoms with Crippen LogP contribution in [0.3, 0.4) is 0 Å². The van der Waals surface area contributed by atoms with Crippen LogP contribution in [0, 0.1) is 0 Å². The predicted molar refractivity (Wildman–Crippen MR) is 49.3 cm³/mol. The second kappa shape index (κ2) is 8.69. The average Bonchev–Trinajstić information content (AvgIpc) is 2.10. The first-order chi connectivity index (χ1) is 5.26. The summed E-state index contributed by atoms with van der Waals surface area (Å²) in [5, 5.41) is 2.49. The molecule has 0 aromatic rings. The third-order valence-electron chi connectivity index (χ3n) is 1.02. The molecule has 0 rings (SSSR count). The SMILES string of the molecule is C=C.C=C/C(=C\C)C(=O)NC. The number of rotatable bonds is 2. The van der Waals surface area contributed by atoms with E-state index in [1.807, 2.05) is 0 Å². The third-order valence-corrected chi connectivity index (χ3v) is 1.02. The van der Waals surface area contributed by atoms with Gasteiger partial charge in [-0.25, -0.2) is 0 Å². The van der Waals surface area contributed by atoms with E-state index in [1.54, 1.807) is 20.0 Å². The van der Waals surface area contributed by atoms with Crippen LogP contribution in [0.15, 0.2) is 37.5 Å². The summed E-state index contributed by atoms with van der Waals surface area (Å²) >= 11 is 0. The minimum absolute atomic E-state index is 0.0903. The smallest absolute Gasteiger partial charge is 0.250 e. The van der Waals surface area contributed by atoms with E-state index in [0.717, 1.165) is 0 Å². The molecule has 1 N–H and O–H groups in total. The quantitative estimate of drug-likeness (QED) is 0.365. The first-order valence-corrected chi connectivity index (χ1v) is 3.27. The summed E-state index contributed by atoms with van der Waals surface area (Å²) in [6, 6.07) is 0. The van der Waals surface area contributed by atoms with Crippen molar-refractivity contribution in [1.82, 2.24) is 5.32 Å². The lowest BCUT2D eigenvalue weighted by Crippen LogP contribution is -2.18. The fourth-order valence-corrected chi connectivity index (χ4v) is 0.486. The average molecular weight is 153 g/mol. The molecule has 0 saturated carbocycles. The molecule has 0 aromatic heterocycles. The lowest BCUT2D eigenvalue weighted by molar-refractivity contribution is -0.116. The topological polar surface area (TPSA) is 29.1 Å². The molecule has 0 aliphatic heterocycles. The van der Waals surface area contributed by atoms with Crippen molar-refractivity contribution in [2.45, 2.75) is 6.92 Å². The maximum atomic E-state index is 10.7. The van der Waals surface area contributed by atoms with Crippen LogP contribution in [0.5, 0.6) is 0 Å². The molecular formula is C9H15NO. The van der Waals surface area contributed by atoms with E-state index >= 15 is 0 Å². The lowest BCUT2D eigenvalue weighted by atomic mass is 10.2. The van der Waals surface area contributed by atoms with Crippen LogP contribution in [0.25, 0.3) is 0 Å². The summed E-state index contributed by atoms with van der Waals surface area (Å²) in [6.45, 7) is 11.3. The number of likely N-dealkylation sites (N-methyl/N-ethyl adjacent to an activating group) is 1. The van der Waals surface area contributed by atoms with Gasteiger partial charge in [0.25, 0.3) is 5.91 Å². The van der Waals surface area contributed by atoms with Crippen molar-refractivity contribution >= 4 is 5.91 Å². The van der Waals surface area contributed by atoms with Gasteiger partial charge in [0, 0.05) is 12.6 Å². The van der Waals surface area contributed by atoms with Gasteiger partial charge in [0.2, 0.25) is 0 Å². The van der Waals surface area contributed by atoms with E-state index in [-0.39, 0.29) is 5.91 Å². The molecule has 0 saturated heterocycles. The first kappa shape index (κ1) is 12.4. The second-order valence-corrected chi connectivity index (χ2v) is 1.53. The first-order valence-electron chi connectivity index (χ1n) is 3.27. The monoisotopic (exact) mass is 153 g/mol. The number of hydrogen-bond acceptors (Lipinski definition) is 1. The third kappa shape index (κ3) is 5.15. The maximum Gasteiger partial charge on any atom is 0.250 e. The second-order valence-electron chi connectivity index (χ2n) is 1.53. The normalized spacial score (nSPS) is 9.09. The summed E-state index contributed by atoms with van der Waals surface area (Å²) < 4.78 is 0. The molecule has 0 unspecified atom stereocenters. The van der Waals surface area contributed by atoms with Crippen LogP contribution < -0.4 is 5.32 Å². The summed E-state index contributed by atoms with van der Waals surface area (Å²) in [5.41, 5.74) is 0.609. The fourth-order valence-electron chi connectivity index (χ4n) is 0.486. The van der Waals surface area contributed by atoms with Gasteiger partial charge in [-0.15, -0.1) is 13.2 Å². The van der Waals surface area contributed by atoms with Crippen molar-refractivity contribution in [2.24, 2.45) is 0 Å². The molecule has 0 heterocycles. The molecule has 2 heteroatoms. The van der Waals surface area contributed by atoms with Crippen LogP contribution >= 0.6 is 0 Å². The minimum Gasteiger partial charge on any atom is -0.355 e. The minimum atomic E-state index is -0.0903.